The average molecular weight is 293 g/mol. The molecule has 0 unspecified atom stereocenters. The Hall–Kier alpha value is -1.16. The van der Waals surface area contributed by atoms with Gasteiger partial charge in [0.15, 0.2) is 0 Å². The van der Waals surface area contributed by atoms with Gasteiger partial charge >= 0.3 is 5.97 Å². The van der Waals surface area contributed by atoms with Gasteiger partial charge in [-0.2, -0.15) is 0 Å². The highest BCUT2D eigenvalue weighted by Crippen LogP contribution is 2.32. The Balaban J connectivity index is 2.12. The van der Waals surface area contributed by atoms with Gasteiger partial charge in [-0.05, 0) is 50.0 Å². The summed E-state index contributed by atoms with van der Waals surface area (Å²) in [7, 11) is 0. The maximum absolute atomic E-state index is 11.5. The van der Waals surface area contributed by atoms with Gasteiger partial charge in [-0.15, -0.1) is 11.8 Å². The van der Waals surface area contributed by atoms with E-state index in [1.54, 1.807) is 0 Å². The molecule has 0 atom stereocenters. The molecular formula is C16H23NO2S. The van der Waals surface area contributed by atoms with Crippen LogP contribution in [0.3, 0.4) is 0 Å². The van der Waals surface area contributed by atoms with Crippen LogP contribution in [-0.4, -0.2) is 23.4 Å². The predicted molar refractivity (Wildman–Crippen MR) is 84.8 cm³/mol. The van der Waals surface area contributed by atoms with E-state index in [2.05, 4.69) is 12.2 Å². The molecule has 4 heteroatoms. The summed E-state index contributed by atoms with van der Waals surface area (Å²) in [5.41, 5.74) is 1.18. The fraction of sp³-hybridized carbons (Fsp3) is 0.562. The fourth-order valence-electron chi connectivity index (χ4n) is 2.98. The van der Waals surface area contributed by atoms with Gasteiger partial charge in [0, 0.05) is 10.9 Å². The van der Waals surface area contributed by atoms with E-state index in [-0.39, 0.29) is 0 Å². The SMILES string of the molecule is CCC1CCC(Nc2cccc(SC)c2C(=O)O)CC1. The highest BCUT2D eigenvalue weighted by molar-refractivity contribution is 7.98. The first-order chi connectivity index (χ1) is 9.65. The zero-order valence-electron chi connectivity index (χ0n) is 12.2. The van der Waals surface area contributed by atoms with E-state index in [0.29, 0.717) is 11.6 Å². The van der Waals surface area contributed by atoms with E-state index < -0.39 is 5.97 Å². The summed E-state index contributed by atoms with van der Waals surface area (Å²) >= 11 is 1.48. The minimum Gasteiger partial charge on any atom is -0.478 e. The van der Waals surface area contributed by atoms with Crippen LogP contribution < -0.4 is 5.32 Å². The maximum atomic E-state index is 11.5. The van der Waals surface area contributed by atoms with Crippen LogP contribution in [-0.2, 0) is 0 Å². The number of hydrogen-bond acceptors (Lipinski definition) is 3. The van der Waals surface area contributed by atoms with Gasteiger partial charge < -0.3 is 10.4 Å². The standard InChI is InChI=1S/C16H23NO2S/c1-3-11-7-9-12(10-8-11)17-13-5-4-6-14(20-2)15(13)16(18)19/h4-6,11-12,17H,3,7-10H2,1-2H3,(H,18,19). The topological polar surface area (TPSA) is 49.3 Å². The third-order valence-corrected chi connectivity index (χ3v) is 5.02. The van der Waals surface area contributed by atoms with Gasteiger partial charge in [0.05, 0.1) is 11.3 Å². The Labute approximate surface area is 125 Å². The molecule has 0 spiro atoms. The summed E-state index contributed by atoms with van der Waals surface area (Å²) < 4.78 is 0. The lowest BCUT2D eigenvalue weighted by Crippen LogP contribution is -2.26. The largest absolute Gasteiger partial charge is 0.478 e. The molecular weight excluding hydrogens is 270 g/mol. The predicted octanol–water partition coefficient (Wildman–Crippen LogP) is 4.49. The first-order valence-corrected chi connectivity index (χ1v) is 8.55. The van der Waals surface area contributed by atoms with Crippen molar-refractivity contribution in [2.45, 2.75) is 50.0 Å². The molecule has 0 aromatic heterocycles. The molecule has 1 saturated carbocycles. The van der Waals surface area contributed by atoms with Crippen molar-refractivity contribution in [3.63, 3.8) is 0 Å². The van der Waals surface area contributed by atoms with Gasteiger partial charge in [-0.25, -0.2) is 4.79 Å². The van der Waals surface area contributed by atoms with Gasteiger partial charge in [0.1, 0.15) is 0 Å². The minimum atomic E-state index is -0.848. The van der Waals surface area contributed by atoms with Crippen molar-refractivity contribution in [2.24, 2.45) is 5.92 Å². The smallest absolute Gasteiger partial charge is 0.338 e. The lowest BCUT2D eigenvalue weighted by Gasteiger charge is -2.29. The molecule has 0 aliphatic heterocycles. The molecule has 1 aromatic carbocycles. The number of aromatic carboxylic acids is 1. The third kappa shape index (κ3) is 3.48. The number of thioether (sulfide) groups is 1. The summed E-state index contributed by atoms with van der Waals surface area (Å²) in [6.45, 7) is 2.25. The maximum Gasteiger partial charge on any atom is 0.338 e. The monoisotopic (exact) mass is 293 g/mol. The number of carboxylic acids is 1. The molecule has 1 aromatic rings. The summed E-state index contributed by atoms with van der Waals surface area (Å²) in [5.74, 6) is 0.00391. The Morgan fingerprint density at radius 3 is 2.60 bits per heavy atom. The number of benzene rings is 1. The van der Waals surface area contributed by atoms with Gasteiger partial charge in [-0.3, -0.25) is 0 Å². The second kappa shape index (κ2) is 7.02. The molecule has 0 amide bonds. The molecule has 110 valence electrons. The van der Waals surface area contributed by atoms with Crippen LogP contribution in [0.4, 0.5) is 5.69 Å². The molecule has 1 aliphatic carbocycles. The van der Waals surface area contributed by atoms with Crippen molar-refractivity contribution in [3.8, 4) is 0 Å². The molecule has 3 nitrogen and oxygen atoms in total. The van der Waals surface area contributed by atoms with E-state index in [1.807, 2.05) is 24.5 Å². The van der Waals surface area contributed by atoms with E-state index in [4.69, 9.17) is 0 Å². The number of anilines is 1. The molecule has 0 saturated heterocycles. The van der Waals surface area contributed by atoms with Crippen molar-refractivity contribution < 1.29 is 9.90 Å². The number of nitrogens with one attached hydrogen (secondary N) is 1. The Morgan fingerprint density at radius 2 is 2.05 bits per heavy atom. The first-order valence-electron chi connectivity index (χ1n) is 7.32. The molecule has 0 radical (unpaired) electrons. The van der Waals surface area contributed by atoms with Crippen molar-refractivity contribution in [2.75, 3.05) is 11.6 Å². The first kappa shape index (κ1) is 15.2. The van der Waals surface area contributed by atoms with Crippen LogP contribution in [0.2, 0.25) is 0 Å². The number of rotatable bonds is 5. The lowest BCUT2D eigenvalue weighted by atomic mass is 9.84. The zero-order valence-corrected chi connectivity index (χ0v) is 13.0. The number of carboxylic acid groups (broad SMARTS) is 1. The van der Waals surface area contributed by atoms with Crippen LogP contribution in [0.5, 0.6) is 0 Å². The summed E-state index contributed by atoms with van der Waals surface area (Å²) in [6.07, 6.45) is 7.95. The van der Waals surface area contributed by atoms with Crippen molar-refractivity contribution in [1.82, 2.24) is 0 Å². The normalized spacial score (nSPS) is 22.5. The van der Waals surface area contributed by atoms with E-state index in [0.717, 1.165) is 29.3 Å². The van der Waals surface area contributed by atoms with Crippen LogP contribution in [0, 0.1) is 5.92 Å². The Bertz CT molecular complexity index is 468. The highest BCUT2D eigenvalue weighted by Gasteiger charge is 2.22. The van der Waals surface area contributed by atoms with Gasteiger partial charge in [-0.1, -0.05) is 19.4 Å². The van der Waals surface area contributed by atoms with Crippen LogP contribution in [0.1, 0.15) is 49.4 Å². The summed E-state index contributed by atoms with van der Waals surface area (Å²) in [6, 6.07) is 6.09. The third-order valence-electron chi connectivity index (χ3n) is 4.24. The molecule has 20 heavy (non-hydrogen) atoms. The number of hydrogen-bond donors (Lipinski definition) is 2. The molecule has 0 heterocycles. The van der Waals surface area contributed by atoms with Crippen molar-refractivity contribution in [3.05, 3.63) is 23.8 Å². The molecule has 2 rings (SSSR count). The lowest BCUT2D eigenvalue weighted by molar-refractivity contribution is 0.0694. The van der Waals surface area contributed by atoms with E-state index >= 15 is 0 Å². The van der Waals surface area contributed by atoms with Crippen molar-refractivity contribution in [1.29, 1.82) is 0 Å². The fourth-order valence-corrected chi connectivity index (χ4v) is 3.59. The van der Waals surface area contributed by atoms with E-state index in [1.165, 1.54) is 31.0 Å². The molecule has 1 fully saturated rings. The Kier molecular flexibility index (Phi) is 5.35. The van der Waals surface area contributed by atoms with Crippen LogP contribution in [0.15, 0.2) is 23.1 Å². The second-order valence-electron chi connectivity index (χ2n) is 5.46. The van der Waals surface area contributed by atoms with E-state index in [9.17, 15) is 9.90 Å². The van der Waals surface area contributed by atoms with Gasteiger partial charge in [0.2, 0.25) is 0 Å². The number of carbonyl (C=O) groups is 1. The summed E-state index contributed by atoms with van der Waals surface area (Å²) in [5, 5.41) is 12.9. The van der Waals surface area contributed by atoms with Crippen LogP contribution >= 0.6 is 11.8 Å². The van der Waals surface area contributed by atoms with Crippen molar-refractivity contribution >= 4 is 23.4 Å². The molecule has 1 aliphatic rings. The Morgan fingerprint density at radius 1 is 1.35 bits per heavy atom. The minimum absolute atomic E-state index is 0.410. The highest BCUT2D eigenvalue weighted by atomic mass is 32.2. The summed E-state index contributed by atoms with van der Waals surface area (Å²) in [4.78, 5) is 12.3. The van der Waals surface area contributed by atoms with Crippen LogP contribution in [0.25, 0.3) is 0 Å². The quantitative estimate of drug-likeness (QED) is 0.785. The average Bonchev–Trinajstić information content (AvgIpc) is 2.47. The molecule has 0 bridgehead atoms. The second-order valence-corrected chi connectivity index (χ2v) is 6.31. The molecule has 2 N–H and O–H groups in total. The zero-order chi connectivity index (χ0) is 14.5. The van der Waals surface area contributed by atoms with Gasteiger partial charge in [0.25, 0.3) is 0 Å².